The molecule has 0 radical (unpaired) electrons. The molecule has 7 nitrogen and oxygen atoms in total. The molecule has 0 saturated carbocycles. The van der Waals surface area contributed by atoms with E-state index in [-0.39, 0.29) is 16.9 Å². The van der Waals surface area contributed by atoms with E-state index in [4.69, 9.17) is 21.7 Å². The number of anilines is 1. The van der Waals surface area contributed by atoms with Crippen LogP contribution in [0, 0.1) is 0 Å². The Balaban J connectivity index is 1.57. The van der Waals surface area contributed by atoms with Crippen molar-refractivity contribution in [2.75, 3.05) is 32.6 Å². The molecule has 33 heavy (non-hydrogen) atoms. The van der Waals surface area contributed by atoms with Crippen molar-refractivity contribution in [3.05, 3.63) is 59.7 Å². The normalized spacial score (nSPS) is 13.8. The summed E-state index contributed by atoms with van der Waals surface area (Å²) in [5.74, 6) is 0.834. The topological polar surface area (TPSA) is 79.9 Å². The molecule has 8 heteroatoms. The molecule has 1 aliphatic heterocycles. The Kier molecular flexibility index (Phi) is 8.83. The van der Waals surface area contributed by atoms with E-state index >= 15 is 0 Å². The summed E-state index contributed by atoms with van der Waals surface area (Å²) >= 11 is 5.26. The van der Waals surface area contributed by atoms with Crippen LogP contribution in [0.5, 0.6) is 11.5 Å². The van der Waals surface area contributed by atoms with Gasteiger partial charge in [-0.3, -0.25) is 14.9 Å². The summed E-state index contributed by atoms with van der Waals surface area (Å²) in [5, 5.41) is 5.74. The van der Waals surface area contributed by atoms with Crippen molar-refractivity contribution in [3.8, 4) is 11.5 Å². The molecule has 0 bridgehead atoms. The molecule has 0 aromatic heterocycles. The van der Waals surface area contributed by atoms with Crippen molar-refractivity contribution >= 4 is 40.9 Å². The maximum absolute atomic E-state index is 12.8. The SMILES string of the molecule is COc1ccc(/C=C/C(=O)NC(=S)Nc2cccc(C(=O)N3CCCCCC3)c2)cc1OC. The summed E-state index contributed by atoms with van der Waals surface area (Å²) in [6.45, 7) is 1.58. The highest BCUT2D eigenvalue weighted by atomic mass is 32.1. The molecule has 2 N–H and O–H groups in total. The highest BCUT2D eigenvalue weighted by Gasteiger charge is 2.17. The molecule has 2 aromatic rings. The van der Waals surface area contributed by atoms with Gasteiger partial charge in [0.1, 0.15) is 0 Å². The van der Waals surface area contributed by atoms with Crippen LogP contribution < -0.4 is 20.1 Å². The van der Waals surface area contributed by atoms with Crippen LogP contribution >= 0.6 is 12.2 Å². The Morgan fingerprint density at radius 2 is 1.70 bits per heavy atom. The minimum Gasteiger partial charge on any atom is -0.493 e. The van der Waals surface area contributed by atoms with E-state index in [0.29, 0.717) is 22.7 Å². The molecule has 1 heterocycles. The summed E-state index contributed by atoms with van der Waals surface area (Å²) in [7, 11) is 3.12. The minimum absolute atomic E-state index is 0.0216. The number of hydrogen-bond donors (Lipinski definition) is 2. The number of ether oxygens (including phenoxy) is 2. The summed E-state index contributed by atoms with van der Waals surface area (Å²) in [6.07, 6.45) is 7.45. The summed E-state index contributed by atoms with van der Waals surface area (Å²) in [4.78, 5) is 27.0. The molecule has 0 aliphatic carbocycles. The molecule has 0 atom stereocenters. The maximum Gasteiger partial charge on any atom is 0.253 e. The zero-order valence-corrected chi connectivity index (χ0v) is 19.7. The lowest BCUT2D eigenvalue weighted by Gasteiger charge is -2.20. The lowest BCUT2D eigenvalue weighted by molar-refractivity contribution is -0.115. The fourth-order valence-corrected chi connectivity index (χ4v) is 3.85. The van der Waals surface area contributed by atoms with Gasteiger partial charge in [0.25, 0.3) is 5.91 Å². The third-order valence-corrected chi connectivity index (χ3v) is 5.54. The number of carbonyl (C=O) groups is 2. The second kappa shape index (κ2) is 12.0. The van der Waals surface area contributed by atoms with E-state index in [1.54, 1.807) is 56.7 Å². The van der Waals surface area contributed by atoms with Gasteiger partial charge in [0.15, 0.2) is 16.6 Å². The van der Waals surface area contributed by atoms with Crippen LogP contribution in [-0.2, 0) is 4.79 Å². The largest absolute Gasteiger partial charge is 0.493 e. The van der Waals surface area contributed by atoms with Crippen LogP contribution in [0.1, 0.15) is 41.6 Å². The smallest absolute Gasteiger partial charge is 0.253 e. The Morgan fingerprint density at radius 3 is 2.39 bits per heavy atom. The highest BCUT2D eigenvalue weighted by molar-refractivity contribution is 7.80. The molecule has 3 rings (SSSR count). The predicted molar refractivity (Wildman–Crippen MR) is 134 cm³/mol. The van der Waals surface area contributed by atoms with Gasteiger partial charge in [0.2, 0.25) is 5.91 Å². The van der Waals surface area contributed by atoms with E-state index in [0.717, 1.165) is 31.5 Å². The molecule has 0 unspecified atom stereocenters. The van der Waals surface area contributed by atoms with Gasteiger partial charge in [-0.2, -0.15) is 0 Å². The fourth-order valence-electron chi connectivity index (χ4n) is 3.63. The lowest BCUT2D eigenvalue weighted by Crippen LogP contribution is -2.33. The maximum atomic E-state index is 12.8. The van der Waals surface area contributed by atoms with Gasteiger partial charge in [0, 0.05) is 30.4 Å². The average molecular weight is 468 g/mol. The van der Waals surface area contributed by atoms with Gasteiger partial charge in [-0.1, -0.05) is 25.0 Å². The minimum atomic E-state index is -0.376. The second-order valence-electron chi connectivity index (χ2n) is 7.68. The number of thiocarbonyl (C=S) groups is 1. The monoisotopic (exact) mass is 467 g/mol. The first-order chi connectivity index (χ1) is 16.0. The van der Waals surface area contributed by atoms with Crippen LogP contribution in [0.25, 0.3) is 6.08 Å². The molecule has 1 fully saturated rings. The van der Waals surface area contributed by atoms with Crippen molar-refractivity contribution in [2.24, 2.45) is 0 Å². The number of nitrogens with one attached hydrogen (secondary N) is 2. The molecule has 2 aromatic carbocycles. The molecule has 2 amide bonds. The summed E-state index contributed by atoms with van der Waals surface area (Å²) in [5.41, 5.74) is 2.02. The third kappa shape index (κ3) is 7.05. The van der Waals surface area contributed by atoms with Gasteiger partial charge in [-0.15, -0.1) is 0 Å². The number of amides is 2. The number of nitrogens with zero attached hydrogens (tertiary/aromatic N) is 1. The number of likely N-dealkylation sites (tertiary alicyclic amines) is 1. The number of hydrogen-bond acceptors (Lipinski definition) is 5. The van der Waals surface area contributed by atoms with Gasteiger partial charge in [0.05, 0.1) is 14.2 Å². The second-order valence-corrected chi connectivity index (χ2v) is 8.09. The first-order valence-electron chi connectivity index (χ1n) is 10.9. The third-order valence-electron chi connectivity index (χ3n) is 5.33. The standard InChI is InChI=1S/C25H29N3O4S/c1-31-21-12-10-18(16-22(21)32-2)11-13-23(29)27-25(33)26-20-9-7-8-19(17-20)24(30)28-14-5-3-4-6-15-28/h7-13,16-17H,3-6,14-15H2,1-2H3,(H2,26,27,29,33)/b13-11+. The molecule has 0 spiro atoms. The van der Waals surface area contributed by atoms with E-state index in [1.807, 2.05) is 11.0 Å². The summed E-state index contributed by atoms with van der Waals surface area (Å²) < 4.78 is 10.5. The molecule has 1 saturated heterocycles. The van der Waals surface area contributed by atoms with Crippen LogP contribution in [0.15, 0.2) is 48.5 Å². The number of methoxy groups -OCH3 is 2. The Morgan fingerprint density at radius 1 is 0.970 bits per heavy atom. The van der Waals surface area contributed by atoms with Crippen molar-refractivity contribution in [2.45, 2.75) is 25.7 Å². The van der Waals surface area contributed by atoms with E-state index in [9.17, 15) is 9.59 Å². The van der Waals surface area contributed by atoms with Crippen LogP contribution in [0.2, 0.25) is 0 Å². The zero-order valence-electron chi connectivity index (χ0n) is 18.9. The molecule has 1 aliphatic rings. The van der Waals surface area contributed by atoms with E-state index < -0.39 is 0 Å². The number of rotatable bonds is 6. The van der Waals surface area contributed by atoms with Crippen molar-refractivity contribution in [1.29, 1.82) is 0 Å². The van der Waals surface area contributed by atoms with E-state index in [1.165, 1.54) is 18.9 Å². The van der Waals surface area contributed by atoms with Crippen molar-refractivity contribution in [3.63, 3.8) is 0 Å². The quantitative estimate of drug-likeness (QED) is 0.489. The summed E-state index contributed by atoms with van der Waals surface area (Å²) in [6, 6.07) is 12.5. The van der Waals surface area contributed by atoms with Crippen LogP contribution in [0.4, 0.5) is 5.69 Å². The van der Waals surface area contributed by atoms with Gasteiger partial charge in [-0.05, 0) is 67.0 Å². The predicted octanol–water partition coefficient (Wildman–Crippen LogP) is 4.25. The first-order valence-corrected chi connectivity index (χ1v) is 11.3. The number of benzene rings is 2. The van der Waals surface area contributed by atoms with Gasteiger partial charge < -0.3 is 19.7 Å². The fraction of sp³-hybridized carbons (Fsp3) is 0.320. The van der Waals surface area contributed by atoms with Crippen LogP contribution in [-0.4, -0.2) is 49.1 Å². The Labute approximate surface area is 199 Å². The van der Waals surface area contributed by atoms with Crippen molar-refractivity contribution in [1.82, 2.24) is 10.2 Å². The lowest BCUT2D eigenvalue weighted by atomic mass is 10.1. The highest BCUT2D eigenvalue weighted by Crippen LogP contribution is 2.28. The molecular formula is C25H29N3O4S. The first kappa shape index (κ1) is 24.3. The van der Waals surface area contributed by atoms with Gasteiger partial charge >= 0.3 is 0 Å². The van der Waals surface area contributed by atoms with Crippen LogP contribution in [0.3, 0.4) is 0 Å². The molecular weight excluding hydrogens is 438 g/mol. The van der Waals surface area contributed by atoms with Crippen molar-refractivity contribution < 1.29 is 19.1 Å². The van der Waals surface area contributed by atoms with E-state index in [2.05, 4.69) is 10.6 Å². The number of carbonyl (C=O) groups excluding carboxylic acids is 2. The zero-order chi connectivity index (χ0) is 23.6. The Hall–Kier alpha value is -3.39. The molecule has 174 valence electrons. The average Bonchev–Trinajstić information content (AvgIpc) is 3.11. The van der Waals surface area contributed by atoms with Gasteiger partial charge in [-0.25, -0.2) is 0 Å². The Bertz CT molecular complexity index is 1030.